The number of rotatable bonds is 3. The SMILES string of the molecule is Cc1ccc(CN2CC(S(=O)(=O)Cl)CC2=O)s1. The van der Waals surface area contributed by atoms with Gasteiger partial charge in [0.25, 0.3) is 0 Å². The highest BCUT2D eigenvalue weighted by atomic mass is 35.7. The van der Waals surface area contributed by atoms with Crippen LogP contribution in [0.3, 0.4) is 0 Å². The van der Waals surface area contributed by atoms with E-state index in [1.807, 2.05) is 19.1 Å². The molecular formula is C10H12ClNO3S2. The molecule has 1 aromatic rings. The Hall–Kier alpha value is -0.590. The van der Waals surface area contributed by atoms with Crippen LogP contribution >= 0.6 is 22.0 Å². The molecule has 0 N–H and O–H groups in total. The molecule has 1 amide bonds. The summed E-state index contributed by atoms with van der Waals surface area (Å²) in [5, 5.41) is -0.766. The number of thiophene rings is 1. The Morgan fingerprint density at radius 2 is 2.24 bits per heavy atom. The molecule has 2 rings (SSSR count). The van der Waals surface area contributed by atoms with Crippen molar-refractivity contribution in [1.29, 1.82) is 0 Å². The molecule has 1 aliphatic rings. The van der Waals surface area contributed by atoms with E-state index in [0.29, 0.717) is 6.54 Å². The van der Waals surface area contributed by atoms with Crippen LogP contribution in [0.2, 0.25) is 0 Å². The van der Waals surface area contributed by atoms with Crippen molar-refractivity contribution < 1.29 is 13.2 Å². The minimum absolute atomic E-state index is 0.00378. The van der Waals surface area contributed by atoms with Gasteiger partial charge in [-0.1, -0.05) is 0 Å². The molecule has 94 valence electrons. The number of hydrogen-bond donors (Lipinski definition) is 0. The van der Waals surface area contributed by atoms with Crippen molar-refractivity contribution in [3.63, 3.8) is 0 Å². The largest absolute Gasteiger partial charge is 0.336 e. The molecule has 1 saturated heterocycles. The van der Waals surface area contributed by atoms with Crippen LogP contribution in [0.1, 0.15) is 16.2 Å². The lowest BCUT2D eigenvalue weighted by Gasteiger charge is -2.14. The maximum atomic E-state index is 11.6. The lowest BCUT2D eigenvalue weighted by Crippen LogP contribution is -2.26. The topological polar surface area (TPSA) is 54.5 Å². The molecule has 0 aliphatic carbocycles. The highest BCUT2D eigenvalue weighted by molar-refractivity contribution is 8.14. The number of carbonyl (C=O) groups is 1. The Labute approximate surface area is 109 Å². The summed E-state index contributed by atoms with van der Waals surface area (Å²) in [5.74, 6) is -0.148. The molecule has 2 heterocycles. The van der Waals surface area contributed by atoms with Crippen molar-refractivity contribution in [2.75, 3.05) is 6.54 Å². The smallest absolute Gasteiger partial charge is 0.237 e. The summed E-state index contributed by atoms with van der Waals surface area (Å²) in [5.41, 5.74) is 0. The molecule has 4 nitrogen and oxygen atoms in total. The molecule has 1 fully saturated rings. The number of nitrogens with zero attached hydrogens (tertiary/aromatic N) is 1. The van der Waals surface area contributed by atoms with Crippen LogP contribution in [0.25, 0.3) is 0 Å². The molecule has 0 spiro atoms. The predicted molar refractivity (Wildman–Crippen MR) is 67.7 cm³/mol. The number of halogens is 1. The maximum absolute atomic E-state index is 11.6. The Bertz CT molecular complexity index is 538. The first-order valence-electron chi connectivity index (χ1n) is 5.13. The molecule has 0 aromatic carbocycles. The number of hydrogen-bond acceptors (Lipinski definition) is 4. The number of amides is 1. The van der Waals surface area contributed by atoms with Gasteiger partial charge in [0.05, 0.1) is 6.54 Å². The Morgan fingerprint density at radius 1 is 1.53 bits per heavy atom. The third kappa shape index (κ3) is 3.00. The van der Waals surface area contributed by atoms with E-state index in [1.54, 1.807) is 16.2 Å². The zero-order chi connectivity index (χ0) is 12.6. The third-order valence-electron chi connectivity index (χ3n) is 2.72. The fourth-order valence-corrected chi connectivity index (χ4v) is 3.80. The lowest BCUT2D eigenvalue weighted by atomic mass is 10.4. The molecule has 0 radical (unpaired) electrons. The van der Waals surface area contributed by atoms with E-state index in [2.05, 4.69) is 0 Å². The standard InChI is InChI=1S/C10H12ClNO3S2/c1-7-2-3-8(16-7)5-12-6-9(4-10(12)13)17(11,14)15/h2-3,9H,4-6H2,1H3. The van der Waals surface area contributed by atoms with Gasteiger partial charge in [-0.3, -0.25) is 4.79 Å². The maximum Gasteiger partial charge on any atom is 0.237 e. The second-order valence-electron chi connectivity index (χ2n) is 4.09. The van der Waals surface area contributed by atoms with Crippen molar-refractivity contribution in [1.82, 2.24) is 4.90 Å². The normalized spacial score (nSPS) is 21.2. The van der Waals surface area contributed by atoms with Gasteiger partial charge in [0.2, 0.25) is 15.0 Å². The Kier molecular flexibility index (Phi) is 3.47. The van der Waals surface area contributed by atoms with Gasteiger partial charge < -0.3 is 4.90 Å². The van der Waals surface area contributed by atoms with Crippen LogP contribution in [0.4, 0.5) is 0 Å². The van der Waals surface area contributed by atoms with Crippen LogP contribution in [0.5, 0.6) is 0 Å². The first-order valence-corrected chi connectivity index (χ1v) is 8.32. The summed E-state index contributed by atoms with van der Waals surface area (Å²) in [4.78, 5) is 15.4. The van der Waals surface area contributed by atoms with Gasteiger partial charge >= 0.3 is 0 Å². The van der Waals surface area contributed by atoms with E-state index in [-0.39, 0.29) is 18.9 Å². The Morgan fingerprint density at radius 3 is 2.71 bits per heavy atom. The second-order valence-corrected chi connectivity index (χ2v) is 8.37. The summed E-state index contributed by atoms with van der Waals surface area (Å²) in [6, 6.07) is 3.94. The quantitative estimate of drug-likeness (QED) is 0.798. The van der Waals surface area contributed by atoms with Crippen LogP contribution in [-0.4, -0.2) is 31.0 Å². The summed E-state index contributed by atoms with van der Waals surface area (Å²) in [7, 11) is 1.63. The molecule has 1 atom stereocenters. The molecule has 1 aliphatic heterocycles. The monoisotopic (exact) mass is 293 g/mol. The van der Waals surface area contributed by atoms with Crippen LogP contribution in [0, 0.1) is 6.92 Å². The zero-order valence-electron chi connectivity index (χ0n) is 9.22. The van der Waals surface area contributed by atoms with E-state index in [4.69, 9.17) is 10.7 Å². The summed E-state index contributed by atoms with van der Waals surface area (Å²) in [6.45, 7) is 2.66. The van der Waals surface area contributed by atoms with Gasteiger partial charge in [-0.05, 0) is 19.1 Å². The average Bonchev–Trinajstić information content (AvgIpc) is 2.74. The highest BCUT2D eigenvalue weighted by Gasteiger charge is 2.37. The van der Waals surface area contributed by atoms with Gasteiger partial charge in [-0.25, -0.2) is 8.42 Å². The molecule has 0 bridgehead atoms. The minimum atomic E-state index is -3.64. The third-order valence-corrected chi connectivity index (χ3v) is 5.57. The zero-order valence-corrected chi connectivity index (χ0v) is 11.6. The first kappa shape index (κ1) is 12.9. The van der Waals surface area contributed by atoms with Gasteiger partial charge in [-0.15, -0.1) is 11.3 Å². The van der Waals surface area contributed by atoms with E-state index >= 15 is 0 Å². The molecular weight excluding hydrogens is 282 g/mol. The van der Waals surface area contributed by atoms with E-state index in [9.17, 15) is 13.2 Å². The highest BCUT2D eigenvalue weighted by Crippen LogP contribution is 2.25. The van der Waals surface area contributed by atoms with Gasteiger partial charge in [0.1, 0.15) is 5.25 Å². The van der Waals surface area contributed by atoms with Crippen molar-refractivity contribution in [3.8, 4) is 0 Å². The number of likely N-dealkylation sites (tertiary alicyclic amines) is 1. The average molecular weight is 294 g/mol. The first-order chi connectivity index (χ1) is 7.86. The van der Waals surface area contributed by atoms with Crippen molar-refractivity contribution in [2.24, 2.45) is 0 Å². The van der Waals surface area contributed by atoms with Crippen LogP contribution < -0.4 is 0 Å². The van der Waals surface area contributed by atoms with Crippen LogP contribution in [-0.2, 0) is 20.4 Å². The van der Waals surface area contributed by atoms with Crippen molar-refractivity contribution in [2.45, 2.75) is 25.1 Å². The molecule has 1 aromatic heterocycles. The van der Waals surface area contributed by atoms with Gasteiger partial charge in [-0.2, -0.15) is 0 Å². The minimum Gasteiger partial charge on any atom is -0.336 e. The van der Waals surface area contributed by atoms with E-state index < -0.39 is 14.3 Å². The molecule has 17 heavy (non-hydrogen) atoms. The predicted octanol–water partition coefficient (Wildman–Crippen LogP) is 1.73. The lowest BCUT2D eigenvalue weighted by molar-refractivity contribution is -0.128. The summed E-state index contributed by atoms with van der Waals surface area (Å²) in [6.07, 6.45) is -0.00378. The van der Waals surface area contributed by atoms with Crippen molar-refractivity contribution >= 4 is 37.0 Å². The van der Waals surface area contributed by atoms with Crippen molar-refractivity contribution in [3.05, 3.63) is 21.9 Å². The summed E-state index contributed by atoms with van der Waals surface area (Å²) >= 11 is 1.61. The van der Waals surface area contributed by atoms with Crippen LogP contribution in [0.15, 0.2) is 12.1 Å². The molecule has 0 saturated carbocycles. The fraction of sp³-hybridized carbons (Fsp3) is 0.500. The second kappa shape index (κ2) is 4.59. The van der Waals surface area contributed by atoms with E-state index in [1.165, 1.54) is 4.88 Å². The van der Waals surface area contributed by atoms with E-state index in [0.717, 1.165) is 4.88 Å². The Balaban J connectivity index is 2.07. The molecule has 7 heteroatoms. The summed E-state index contributed by atoms with van der Waals surface area (Å²) < 4.78 is 22.3. The fourth-order valence-electron chi connectivity index (χ4n) is 1.84. The van der Waals surface area contributed by atoms with Gasteiger partial charge in [0.15, 0.2) is 0 Å². The number of carbonyl (C=O) groups excluding carboxylic acids is 1. The number of aryl methyl sites for hydroxylation is 1. The van der Waals surface area contributed by atoms with Gasteiger partial charge in [0, 0.05) is 33.4 Å². The molecule has 1 unspecified atom stereocenters.